The van der Waals surface area contributed by atoms with Crippen molar-refractivity contribution in [3.05, 3.63) is 12.1 Å². The Bertz CT molecular complexity index is 119. The molecule has 0 aliphatic rings. The van der Waals surface area contributed by atoms with Crippen LogP contribution in [0.4, 0.5) is 0 Å². The Morgan fingerprint density at radius 3 is 2.90 bits per heavy atom. The summed E-state index contributed by atoms with van der Waals surface area (Å²) in [5.41, 5.74) is 0. The Labute approximate surface area is 68.1 Å². The topological polar surface area (TPSA) is 0 Å². The van der Waals surface area contributed by atoms with Crippen LogP contribution in [0.5, 0.6) is 0 Å². The molecule has 0 aromatic carbocycles. The van der Waals surface area contributed by atoms with E-state index < -0.39 is 0 Å². The summed E-state index contributed by atoms with van der Waals surface area (Å²) in [5, 5.41) is 0. The second-order valence-corrected chi connectivity index (χ2v) is 2.51. The van der Waals surface area contributed by atoms with Crippen molar-refractivity contribution in [3.8, 4) is 0 Å². The fourth-order valence-electron chi connectivity index (χ4n) is 0.803. The van der Waals surface area contributed by atoms with Crippen molar-refractivity contribution in [2.75, 3.05) is 0 Å². The van der Waals surface area contributed by atoms with Crippen LogP contribution >= 0.6 is 0 Å². The van der Waals surface area contributed by atoms with Crippen LogP contribution in [0.25, 0.3) is 0 Å². The van der Waals surface area contributed by atoms with Crippen LogP contribution in [0, 0.1) is 0 Å². The fraction of sp³-hybridized carbons (Fsp3) is 0.800. The van der Waals surface area contributed by atoms with E-state index in [9.17, 15) is 0 Å². The zero-order valence-electron chi connectivity index (χ0n) is 9.03. The van der Waals surface area contributed by atoms with Crippen LogP contribution in [0.15, 0.2) is 12.1 Å². The third-order valence-electron chi connectivity index (χ3n) is 1.42. The molecule has 0 heteroatoms. The highest BCUT2D eigenvalue weighted by molar-refractivity contribution is 4.80. The van der Waals surface area contributed by atoms with Gasteiger partial charge >= 0.3 is 0 Å². The molecular weight excluding hydrogens is 120 g/mol. The highest BCUT2D eigenvalue weighted by Crippen LogP contribution is 2.00. The number of allylic oxidation sites excluding steroid dienone is 2. The molecule has 0 saturated carbocycles. The second-order valence-electron chi connectivity index (χ2n) is 2.51. The van der Waals surface area contributed by atoms with Crippen LogP contribution in [-0.2, 0) is 0 Å². The molecule has 0 aliphatic heterocycles. The summed E-state index contributed by atoms with van der Waals surface area (Å²) >= 11 is 0. The van der Waals surface area contributed by atoms with Crippen molar-refractivity contribution in [2.45, 2.75) is 52.3 Å². The highest BCUT2D eigenvalue weighted by Gasteiger charge is 1.80. The molecule has 0 radical (unpaired) electrons. The Hall–Kier alpha value is -0.260. The molecule has 0 aliphatic carbocycles. The molecule has 0 saturated heterocycles. The summed E-state index contributed by atoms with van der Waals surface area (Å²) in [6.45, 7) is 2.64. The van der Waals surface area contributed by atoms with Crippen LogP contribution in [0.3, 0.4) is 0 Å². The minimum Gasteiger partial charge on any atom is -0.0885 e. The quantitative estimate of drug-likeness (QED) is 0.389. The molecule has 0 nitrogen and oxygen atoms in total. The molecule has 0 aromatic rings. The van der Waals surface area contributed by atoms with E-state index in [0.29, 0.717) is 6.90 Å². The van der Waals surface area contributed by atoms with E-state index in [1.807, 2.05) is 6.08 Å². The molecule has 0 aromatic heterocycles. The zero-order chi connectivity index (χ0) is 9.23. The normalized spacial score (nSPS) is 14.7. The molecule has 0 amide bonds. The Balaban J connectivity index is 3.28. The summed E-state index contributed by atoms with van der Waals surface area (Å²) in [6, 6.07) is 0.721. The van der Waals surface area contributed by atoms with Gasteiger partial charge in [0, 0.05) is 1.37 Å². The maximum Gasteiger partial charge on any atom is 0.0572 e. The number of hydrogen-bond donors (Lipinski definition) is 0. The highest BCUT2D eigenvalue weighted by atomic mass is 13.9. The lowest BCUT2D eigenvalue weighted by atomic mass is 10.2. The standard InChI is InChI=1S/C10H20/c1-3-5-7-9-10-8-6-4-2/h7,9H,3-6,8,10H2,1-2H3/b9-7-/i1D,7D. The van der Waals surface area contributed by atoms with Crippen LogP contribution in [-0.4, -0.2) is 0 Å². The van der Waals surface area contributed by atoms with Crippen molar-refractivity contribution in [1.29, 1.82) is 0 Å². The van der Waals surface area contributed by atoms with Gasteiger partial charge in [-0.05, 0) is 19.3 Å². The molecular formula is C10H20. The molecule has 0 N–H and O–H groups in total. The Morgan fingerprint density at radius 1 is 1.30 bits per heavy atom. The van der Waals surface area contributed by atoms with E-state index in [-0.39, 0.29) is 0 Å². The van der Waals surface area contributed by atoms with Gasteiger partial charge in [0.2, 0.25) is 0 Å². The van der Waals surface area contributed by atoms with Gasteiger partial charge in [-0.3, -0.25) is 0 Å². The van der Waals surface area contributed by atoms with Gasteiger partial charge in [-0.1, -0.05) is 45.2 Å². The van der Waals surface area contributed by atoms with E-state index in [1.165, 1.54) is 19.3 Å². The van der Waals surface area contributed by atoms with Gasteiger partial charge < -0.3 is 0 Å². The van der Waals surface area contributed by atoms with Crippen molar-refractivity contribution in [3.63, 3.8) is 0 Å². The molecule has 10 heavy (non-hydrogen) atoms. The van der Waals surface area contributed by atoms with Crippen molar-refractivity contribution in [2.24, 2.45) is 0 Å². The smallest absolute Gasteiger partial charge is 0.0572 e. The van der Waals surface area contributed by atoms with E-state index >= 15 is 0 Å². The van der Waals surface area contributed by atoms with Crippen LogP contribution in [0.2, 0.25) is 0 Å². The first-order valence-corrected chi connectivity index (χ1v) is 4.26. The summed E-state index contributed by atoms with van der Waals surface area (Å²) in [7, 11) is 0. The van der Waals surface area contributed by atoms with Gasteiger partial charge in [0.25, 0.3) is 0 Å². The predicted molar refractivity (Wildman–Crippen MR) is 48.2 cm³/mol. The van der Waals surface area contributed by atoms with E-state index in [2.05, 4.69) is 6.92 Å². The third kappa shape index (κ3) is 7.74. The van der Waals surface area contributed by atoms with Gasteiger partial charge in [-0.25, -0.2) is 0 Å². The average molecular weight is 142 g/mol. The van der Waals surface area contributed by atoms with Gasteiger partial charge in [0.15, 0.2) is 0 Å². The van der Waals surface area contributed by atoms with Gasteiger partial charge in [0.05, 0.1) is 1.37 Å². The van der Waals surface area contributed by atoms with Gasteiger partial charge in [0.1, 0.15) is 0 Å². The summed E-state index contributed by atoms with van der Waals surface area (Å²) in [6.07, 6.45) is 8.39. The monoisotopic (exact) mass is 142 g/mol. The van der Waals surface area contributed by atoms with E-state index in [4.69, 9.17) is 2.74 Å². The lowest BCUT2D eigenvalue weighted by Crippen LogP contribution is -1.70. The average Bonchev–Trinajstić information content (AvgIpc) is 2.09. The van der Waals surface area contributed by atoms with Crippen LogP contribution in [0.1, 0.15) is 55.1 Å². The van der Waals surface area contributed by atoms with Crippen LogP contribution < -0.4 is 0 Å². The molecule has 0 fully saturated rings. The fourth-order valence-corrected chi connectivity index (χ4v) is 0.803. The molecule has 0 rings (SSSR count). The summed E-state index contributed by atoms with van der Waals surface area (Å²) < 4.78 is 14.4. The Morgan fingerprint density at radius 2 is 2.20 bits per heavy atom. The number of rotatable bonds is 6. The summed E-state index contributed by atoms with van der Waals surface area (Å²) in [4.78, 5) is 0. The first-order chi connectivity index (χ1) is 5.81. The van der Waals surface area contributed by atoms with E-state index in [1.54, 1.807) is 0 Å². The zero-order valence-corrected chi connectivity index (χ0v) is 7.03. The molecule has 0 bridgehead atoms. The SMILES string of the molecule is [2H]CCC/C([2H])=C\CCCCC. The van der Waals surface area contributed by atoms with E-state index in [0.717, 1.165) is 25.3 Å². The molecule has 0 unspecified atom stereocenters. The number of hydrogen-bond acceptors (Lipinski definition) is 0. The molecule has 0 spiro atoms. The largest absolute Gasteiger partial charge is 0.0885 e. The maximum absolute atomic E-state index is 7.49. The predicted octanol–water partition coefficient (Wildman–Crippen LogP) is 3.92. The maximum atomic E-state index is 7.49. The first-order valence-electron chi connectivity index (χ1n) is 5.46. The van der Waals surface area contributed by atoms with Crippen molar-refractivity contribution >= 4 is 0 Å². The number of unbranched alkanes of at least 4 members (excludes halogenated alkanes) is 3. The lowest BCUT2D eigenvalue weighted by Gasteiger charge is -1.90. The summed E-state index contributed by atoms with van der Waals surface area (Å²) in [5.74, 6) is 0. The second kappa shape index (κ2) is 8.74. The van der Waals surface area contributed by atoms with Gasteiger partial charge in [-0.2, -0.15) is 0 Å². The minimum atomic E-state index is 0.450. The molecule has 0 atom stereocenters. The molecule has 60 valence electrons. The molecule has 0 heterocycles. The Kier molecular flexibility index (Phi) is 5.64. The minimum absolute atomic E-state index is 0.450. The van der Waals surface area contributed by atoms with Crippen molar-refractivity contribution < 1.29 is 2.74 Å². The lowest BCUT2D eigenvalue weighted by molar-refractivity contribution is 0.727. The third-order valence-corrected chi connectivity index (χ3v) is 1.42. The van der Waals surface area contributed by atoms with Gasteiger partial charge in [-0.15, -0.1) is 0 Å². The van der Waals surface area contributed by atoms with Crippen molar-refractivity contribution in [1.82, 2.24) is 0 Å². The first kappa shape index (κ1) is 6.45.